The van der Waals surface area contributed by atoms with E-state index in [0.29, 0.717) is 12.1 Å². The Bertz CT molecular complexity index is 1680. The van der Waals surface area contributed by atoms with Crippen LogP contribution >= 0.6 is 0 Å². The fourth-order valence-electron chi connectivity index (χ4n) is 4.23. The van der Waals surface area contributed by atoms with Crippen LogP contribution in [0.1, 0.15) is 13.3 Å². The smallest absolute Gasteiger partial charge is 0.224 e. The van der Waals surface area contributed by atoms with Crippen LogP contribution in [0.5, 0.6) is 0 Å². The Morgan fingerprint density at radius 3 is 2.60 bits per heavy atom. The highest BCUT2D eigenvalue weighted by atomic mass is 16.1. The predicted octanol–water partition coefficient (Wildman–Crippen LogP) is 5.58. The number of pyridine rings is 3. The van der Waals surface area contributed by atoms with Gasteiger partial charge < -0.3 is 10.3 Å². The van der Waals surface area contributed by atoms with Gasteiger partial charge in [-0.2, -0.15) is 5.10 Å². The lowest BCUT2D eigenvalue weighted by atomic mass is 10.0. The first-order valence-corrected chi connectivity index (χ1v) is 11.3. The number of aromatic amines is 2. The zero-order chi connectivity index (χ0) is 23.8. The Labute approximate surface area is 200 Å². The van der Waals surface area contributed by atoms with Crippen LogP contribution in [0.3, 0.4) is 0 Å². The average molecular weight is 460 g/mol. The van der Waals surface area contributed by atoms with Gasteiger partial charge in [-0.3, -0.25) is 24.8 Å². The summed E-state index contributed by atoms with van der Waals surface area (Å²) in [6.45, 7) is 1.82. The monoisotopic (exact) mass is 459 g/mol. The summed E-state index contributed by atoms with van der Waals surface area (Å²) >= 11 is 0. The van der Waals surface area contributed by atoms with Crippen molar-refractivity contribution < 1.29 is 4.79 Å². The molecule has 6 rings (SSSR count). The number of hydrogen-bond acceptors (Lipinski definition) is 5. The van der Waals surface area contributed by atoms with E-state index in [1.165, 1.54) is 0 Å². The molecular weight excluding hydrogens is 438 g/mol. The molecule has 170 valence electrons. The molecule has 0 aliphatic rings. The molecule has 3 N–H and O–H groups in total. The van der Waals surface area contributed by atoms with Crippen molar-refractivity contribution in [3.63, 3.8) is 0 Å². The van der Waals surface area contributed by atoms with Crippen LogP contribution in [0.25, 0.3) is 55.6 Å². The SMILES string of the molecule is CCC(=O)Nc1cncc(-c2ccc3[nH]nc(-c4cc5c(-c6cccnc6)nccc5[nH]4)c3c2)c1. The van der Waals surface area contributed by atoms with E-state index in [2.05, 4.69) is 47.6 Å². The molecule has 0 atom stereocenters. The van der Waals surface area contributed by atoms with E-state index in [1.807, 2.05) is 49.5 Å². The Morgan fingerprint density at radius 2 is 1.74 bits per heavy atom. The Morgan fingerprint density at radius 1 is 0.857 bits per heavy atom. The topological polar surface area (TPSA) is 112 Å². The van der Waals surface area contributed by atoms with E-state index in [0.717, 1.165) is 55.6 Å². The predicted molar refractivity (Wildman–Crippen MR) is 137 cm³/mol. The standard InChI is InChI=1S/C27H21N7O/c1-2-25(35)31-19-10-18(14-29-15-19)16-5-6-23-20(11-16)27(34-33-23)24-12-21-22(32-24)7-9-30-26(21)17-4-3-8-28-13-17/h3-15,32H,2H2,1H3,(H,31,35)(H,33,34). The van der Waals surface area contributed by atoms with Crippen LogP contribution in [0.15, 0.2) is 79.5 Å². The maximum atomic E-state index is 11.8. The van der Waals surface area contributed by atoms with Crippen molar-refractivity contribution in [2.75, 3.05) is 5.32 Å². The number of carbonyl (C=O) groups excluding carboxylic acids is 1. The summed E-state index contributed by atoms with van der Waals surface area (Å²) in [7, 11) is 0. The summed E-state index contributed by atoms with van der Waals surface area (Å²) in [4.78, 5) is 28.4. The molecule has 0 bridgehead atoms. The van der Waals surface area contributed by atoms with Gasteiger partial charge in [0.25, 0.3) is 0 Å². The van der Waals surface area contributed by atoms with Crippen molar-refractivity contribution in [3.8, 4) is 33.8 Å². The van der Waals surface area contributed by atoms with Crippen LogP contribution in [-0.4, -0.2) is 36.0 Å². The fourth-order valence-corrected chi connectivity index (χ4v) is 4.23. The van der Waals surface area contributed by atoms with Gasteiger partial charge in [-0.05, 0) is 48.0 Å². The number of nitrogens with one attached hydrogen (secondary N) is 3. The number of amides is 1. The highest BCUT2D eigenvalue weighted by molar-refractivity contribution is 6.01. The van der Waals surface area contributed by atoms with Gasteiger partial charge in [0, 0.05) is 58.6 Å². The van der Waals surface area contributed by atoms with Gasteiger partial charge in [0.05, 0.1) is 28.8 Å². The lowest BCUT2D eigenvalue weighted by Crippen LogP contribution is -2.09. The third-order valence-corrected chi connectivity index (χ3v) is 5.98. The first kappa shape index (κ1) is 20.7. The number of aromatic nitrogens is 6. The van der Waals surface area contributed by atoms with Gasteiger partial charge in [0.15, 0.2) is 0 Å². The van der Waals surface area contributed by atoms with Crippen molar-refractivity contribution in [2.24, 2.45) is 0 Å². The second kappa shape index (κ2) is 8.49. The number of fused-ring (bicyclic) bond motifs is 2. The van der Waals surface area contributed by atoms with Gasteiger partial charge in [-0.15, -0.1) is 0 Å². The molecular formula is C27H21N7O. The zero-order valence-electron chi connectivity index (χ0n) is 18.9. The van der Waals surface area contributed by atoms with E-state index in [4.69, 9.17) is 0 Å². The normalized spacial score (nSPS) is 11.2. The summed E-state index contributed by atoms with van der Waals surface area (Å²) < 4.78 is 0. The summed E-state index contributed by atoms with van der Waals surface area (Å²) in [5.41, 5.74) is 8.01. The van der Waals surface area contributed by atoms with Crippen molar-refractivity contribution in [1.82, 2.24) is 30.1 Å². The van der Waals surface area contributed by atoms with Crippen LogP contribution in [0.4, 0.5) is 5.69 Å². The molecule has 1 aromatic carbocycles. The lowest BCUT2D eigenvalue weighted by Gasteiger charge is -2.06. The van der Waals surface area contributed by atoms with Crippen molar-refractivity contribution in [1.29, 1.82) is 0 Å². The van der Waals surface area contributed by atoms with Crippen LogP contribution < -0.4 is 5.32 Å². The van der Waals surface area contributed by atoms with Crippen LogP contribution in [0, 0.1) is 0 Å². The number of carbonyl (C=O) groups is 1. The largest absolute Gasteiger partial charge is 0.353 e. The van der Waals surface area contributed by atoms with Gasteiger partial charge >= 0.3 is 0 Å². The number of hydrogen-bond donors (Lipinski definition) is 3. The minimum Gasteiger partial charge on any atom is -0.353 e. The van der Waals surface area contributed by atoms with E-state index < -0.39 is 0 Å². The lowest BCUT2D eigenvalue weighted by molar-refractivity contribution is -0.115. The number of benzene rings is 1. The highest BCUT2D eigenvalue weighted by Gasteiger charge is 2.15. The van der Waals surface area contributed by atoms with Crippen molar-refractivity contribution in [3.05, 3.63) is 79.5 Å². The molecule has 0 aliphatic heterocycles. The molecule has 35 heavy (non-hydrogen) atoms. The Kier molecular flexibility index (Phi) is 5.03. The van der Waals surface area contributed by atoms with Gasteiger partial charge in [0.2, 0.25) is 5.91 Å². The van der Waals surface area contributed by atoms with Gasteiger partial charge in [0.1, 0.15) is 5.69 Å². The highest BCUT2D eigenvalue weighted by Crippen LogP contribution is 2.34. The molecule has 1 amide bonds. The minimum absolute atomic E-state index is 0.0459. The molecule has 0 radical (unpaired) electrons. The summed E-state index contributed by atoms with van der Waals surface area (Å²) in [5.74, 6) is -0.0459. The van der Waals surface area contributed by atoms with Crippen LogP contribution in [-0.2, 0) is 4.79 Å². The van der Waals surface area contributed by atoms with E-state index in [-0.39, 0.29) is 5.91 Å². The molecule has 0 spiro atoms. The van der Waals surface area contributed by atoms with Gasteiger partial charge in [-0.25, -0.2) is 0 Å². The van der Waals surface area contributed by atoms with Gasteiger partial charge in [-0.1, -0.05) is 13.0 Å². The van der Waals surface area contributed by atoms with Crippen molar-refractivity contribution in [2.45, 2.75) is 13.3 Å². The molecule has 8 heteroatoms. The summed E-state index contributed by atoms with van der Waals surface area (Å²) in [5, 5.41) is 12.6. The summed E-state index contributed by atoms with van der Waals surface area (Å²) in [6, 6.07) is 16.0. The molecule has 8 nitrogen and oxygen atoms in total. The molecule has 5 heterocycles. The molecule has 0 fully saturated rings. The minimum atomic E-state index is -0.0459. The third-order valence-electron chi connectivity index (χ3n) is 5.98. The molecule has 5 aromatic heterocycles. The maximum Gasteiger partial charge on any atom is 0.224 e. The van der Waals surface area contributed by atoms with E-state index in [9.17, 15) is 4.79 Å². The van der Waals surface area contributed by atoms with Crippen molar-refractivity contribution >= 4 is 33.4 Å². The molecule has 6 aromatic rings. The molecule has 0 unspecified atom stereocenters. The first-order chi connectivity index (χ1) is 17.2. The first-order valence-electron chi connectivity index (χ1n) is 11.3. The number of H-pyrrole nitrogens is 2. The number of anilines is 1. The maximum absolute atomic E-state index is 11.8. The number of rotatable bonds is 5. The van der Waals surface area contributed by atoms with E-state index in [1.54, 1.807) is 24.8 Å². The Hall–Kier alpha value is -4.85. The summed E-state index contributed by atoms with van der Waals surface area (Å²) in [6.07, 6.45) is 9.22. The molecule has 0 aliphatic carbocycles. The zero-order valence-corrected chi connectivity index (χ0v) is 18.9. The average Bonchev–Trinajstić information content (AvgIpc) is 3.53. The quantitative estimate of drug-likeness (QED) is 0.312. The fraction of sp³-hybridized carbons (Fsp3) is 0.0741. The third kappa shape index (κ3) is 3.80. The van der Waals surface area contributed by atoms with E-state index >= 15 is 0 Å². The second-order valence-corrected chi connectivity index (χ2v) is 8.24. The molecule has 0 saturated carbocycles. The van der Waals surface area contributed by atoms with Crippen LogP contribution in [0.2, 0.25) is 0 Å². The Balaban J connectivity index is 1.43. The second-order valence-electron chi connectivity index (χ2n) is 8.24. The number of nitrogens with zero attached hydrogens (tertiary/aromatic N) is 4. The molecule has 0 saturated heterocycles.